The van der Waals surface area contributed by atoms with Crippen LogP contribution in [0, 0.1) is 0 Å². The molecule has 0 radical (unpaired) electrons. The molecule has 0 amide bonds. The highest BCUT2D eigenvalue weighted by atomic mass is 14.9. The zero-order valence-electron chi connectivity index (χ0n) is 20.9. The van der Waals surface area contributed by atoms with E-state index in [4.69, 9.17) is 0 Å². The zero-order chi connectivity index (χ0) is 23.1. The molecule has 2 heteroatoms. The summed E-state index contributed by atoms with van der Waals surface area (Å²) in [5.74, 6) is 0.812. The molecular formula is C31H42N2. The summed E-state index contributed by atoms with van der Waals surface area (Å²) in [6.07, 6.45) is 20.9. The molecule has 3 aromatic rings. The number of hydrogen-bond donors (Lipinski definition) is 0. The quantitative estimate of drug-likeness (QED) is 0.219. The van der Waals surface area contributed by atoms with Crippen molar-refractivity contribution in [3.8, 4) is 22.5 Å². The highest BCUT2D eigenvalue weighted by Crippen LogP contribution is 2.24. The van der Waals surface area contributed by atoms with E-state index in [2.05, 4.69) is 72.3 Å². The average molecular weight is 443 g/mol. The van der Waals surface area contributed by atoms with Gasteiger partial charge in [-0.25, -0.2) is 9.97 Å². The van der Waals surface area contributed by atoms with Crippen LogP contribution in [-0.4, -0.2) is 9.97 Å². The number of hydrogen-bond acceptors (Lipinski definition) is 2. The first kappa shape index (κ1) is 25.1. The fourth-order valence-corrected chi connectivity index (χ4v) is 4.35. The number of benzene rings is 2. The van der Waals surface area contributed by atoms with Crippen molar-refractivity contribution in [1.82, 2.24) is 9.97 Å². The van der Waals surface area contributed by atoms with Crippen molar-refractivity contribution < 1.29 is 0 Å². The first-order chi connectivity index (χ1) is 16.3. The van der Waals surface area contributed by atoms with Crippen molar-refractivity contribution in [1.29, 1.82) is 0 Å². The van der Waals surface area contributed by atoms with E-state index in [1.54, 1.807) is 0 Å². The molecule has 0 aliphatic rings. The molecule has 33 heavy (non-hydrogen) atoms. The Morgan fingerprint density at radius 2 is 0.879 bits per heavy atom. The van der Waals surface area contributed by atoms with Gasteiger partial charge in [0.2, 0.25) is 0 Å². The summed E-state index contributed by atoms with van der Waals surface area (Å²) in [6, 6.07) is 17.7. The zero-order valence-corrected chi connectivity index (χ0v) is 20.9. The van der Waals surface area contributed by atoms with Crippen LogP contribution < -0.4 is 0 Å². The molecule has 0 saturated carbocycles. The smallest absolute Gasteiger partial charge is 0.159 e. The van der Waals surface area contributed by atoms with Crippen LogP contribution in [0.25, 0.3) is 22.5 Å². The molecule has 0 spiro atoms. The van der Waals surface area contributed by atoms with Gasteiger partial charge in [0.15, 0.2) is 5.82 Å². The van der Waals surface area contributed by atoms with Gasteiger partial charge in [0.1, 0.15) is 0 Å². The summed E-state index contributed by atoms with van der Waals surface area (Å²) in [6.45, 7) is 4.53. The second-order valence-electron chi connectivity index (χ2n) is 9.37. The second kappa shape index (κ2) is 14.6. The molecule has 1 heterocycles. The molecule has 1 aromatic heterocycles. The van der Waals surface area contributed by atoms with E-state index < -0.39 is 0 Å². The van der Waals surface area contributed by atoms with Crippen LogP contribution in [0.2, 0.25) is 0 Å². The van der Waals surface area contributed by atoms with Crippen LogP contribution in [-0.2, 0) is 12.8 Å². The fraction of sp³-hybridized carbons (Fsp3) is 0.484. The Bertz CT molecular complexity index is 895. The van der Waals surface area contributed by atoms with Crippen LogP contribution in [0.5, 0.6) is 0 Å². The Morgan fingerprint density at radius 3 is 1.42 bits per heavy atom. The molecule has 0 N–H and O–H groups in total. The lowest BCUT2D eigenvalue weighted by atomic mass is 10.00. The van der Waals surface area contributed by atoms with E-state index in [9.17, 15) is 0 Å². The summed E-state index contributed by atoms with van der Waals surface area (Å²) < 4.78 is 0. The molecule has 0 aliphatic carbocycles. The molecule has 3 rings (SSSR count). The van der Waals surface area contributed by atoms with Gasteiger partial charge < -0.3 is 0 Å². The monoisotopic (exact) mass is 442 g/mol. The van der Waals surface area contributed by atoms with Crippen molar-refractivity contribution in [2.24, 2.45) is 0 Å². The van der Waals surface area contributed by atoms with Gasteiger partial charge in [-0.1, -0.05) is 120 Å². The van der Waals surface area contributed by atoms with Crippen molar-refractivity contribution in [2.45, 2.75) is 97.3 Å². The van der Waals surface area contributed by atoms with Crippen molar-refractivity contribution in [2.75, 3.05) is 0 Å². The van der Waals surface area contributed by atoms with Crippen LogP contribution in [0.15, 0.2) is 60.9 Å². The molecule has 2 aromatic carbocycles. The summed E-state index contributed by atoms with van der Waals surface area (Å²) in [7, 11) is 0. The van der Waals surface area contributed by atoms with E-state index in [-0.39, 0.29) is 0 Å². The van der Waals surface area contributed by atoms with E-state index >= 15 is 0 Å². The van der Waals surface area contributed by atoms with Crippen molar-refractivity contribution in [3.05, 3.63) is 72.1 Å². The van der Waals surface area contributed by atoms with Gasteiger partial charge in [0, 0.05) is 18.0 Å². The molecule has 0 saturated heterocycles. The predicted octanol–water partition coefficient (Wildman–Crippen LogP) is 9.23. The highest BCUT2D eigenvalue weighted by Gasteiger charge is 2.04. The van der Waals surface area contributed by atoms with E-state index in [0.717, 1.165) is 17.8 Å². The standard InChI is InChI=1S/C31H42N2/c1-3-5-7-9-11-13-15-27-24-32-31(33-25-27)30-22-20-29(21-23-30)28-18-16-26(17-19-28)14-12-10-8-6-4-2/h16-25H,3-15H2,1-2H3. The number of aromatic nitrogens is 2. The largest absolute Gasteiger partial charge is 0.236 e. The number of nitrogens with zero attached hydrogens (tertiary/aromatic N) is 2. The SMILES string of the molecule is CCCCCCCCc1cnc(-c2ccc(-c3ccc(CCCCCCC)cc3)cc2)nc1. The van der Waals surface area contributed by atoms with Gasteiger partial charge in [-0.05, 0) is 47.9 Å². The highest BCUT2D eigenvalue weighted by molar-refractivity contribution is 5.67. The van der Waals surface area contributed by atoms with Crippen LogP contribution in [0.4, 0.5) is 0 Å². The van der Waals surface area contributed by atoms with Crippen LogP contribution >= 0.6 is 0 Å². The molecule has 0 atom stereocenters. The maximum atomic E-state index is 4.63. The lowest BCUT2D eigenvalue weighted by molar-refractivity contribution is 0.607. The molecule has 0 aliphatic heterocycles. The molecule has 2 nitrogen and oxygen atoms in total. The minimum absolute atomic E-state index is 0.812. The van der Waals surface area contributed by atoms with Crippen molar-refractivity contribution in [3.63, 3.8) is 0 Å². The van der Waals surface area contributed by atoms with Gasteiger partial charge in [-0.2, -0.15) is 0 Å². The Morgan fingerprint density at radius 1 is 0.455 bits per heavy atom. The molecule has 176 valence electrons. The topological polar surface area (TPSA) is 25.8 Å². The normalized spacial score (nSPS) is 11.1. The third-order valence-corrected chi connectivity index (χ3v) is 6.52. The molecule has 0 unspecified atom stereocenters. The molecular weight excluding hydrogens is 400 g/mol. The van der Waals surface area contributed by atoms with Gasteiger partial charge in [-0.15, -0.1) is 0 Å². The maximum absolute atomic E-state index is 4.63. The van der Waals surface area contributed by atoms with Crippen LogP contribution in [0.3, 0.4) is 0 Å². The van der Waals surface area contributed by atoms with Crippen LogP contribution in [0.1, 0.15) is 95.6 Å². The Kier molecular flexibility index (Phi) is 11.1. The van der Waals surface area contributed by atoms with Crippen molar-refractivity contribution >= 4 is 0 Å². The number of aryl methyl sites for hydroxylation is 2. The Hall–Kier alpha value is -2.48. The van der Waals surface area contributed by atoms with E-state index in [1.807, 2.05) is 12.4 Å². The number of rotatable bonds is 15. The van der Waals surface area contributed by atoms with Gasteiger partial charge in [0.05, 0.1) is 0 Å². The maximum Gasteiger partial charge on any atom is 0.159 e. The first-order valence-corrected chi connectivity index (χ1v) is 13.3. The summed E-state index contributed by atoms with van der Waals surface area (Å²) >= 11 is 0. The lowest BCUT2D eigenvalue weighted by Gasteiger charge is -2.07. The third kappa shape index (κ3) is 8.76. The summed E-state index contributed by atoms with van der Waals surface area (Å²) in [5.41, 5.74) is 6.28. The Balaban J connectivity index is 1.48. The van der Waals surface area contributed by atoms with Gasteiger partial charge in [-0.3, -0.25) is 0 Å². The molecule has 0 bridgehead atoms. The fourth-order valence-electron chi connectivity index (χ4n) is 4.35. The molecule has 0 fully saturated rings. The minimum Gasteiger partial charge on any atom is -0.236 e. The van der Waals surface area contributed by atoms with Gasteiger partial charge in [0.25, 0.3) is 0 Å². The third-order valence-electron chi connectivity index (χ3n) is 6.52. The Labute approximate surface area is 201 Å². The summed E-state index contributed by atoms with van der Waals surface area (Å²) in [4.78, 5) is 9.25. The lowest BCUT2D eigenvalue weighted by Crippen LogP contribution is -1.93. The van der Waals surface area contributed by atoms with Gasteiger partial charge >= 0.3 is 0 Å². The first-order valence-electron chi connectivity index (χ1n) is 13.3. The van der Waals surface area contributed by atoms with E-state index in [0.29, 0.717) is 0 Å². The average Bonchev–Trinajstić information content (AvgIpc) is 2.87. The van der Waals surface area contributed by atoms with E-state index in [1.165, 1.54) is 99.3 Å². The number of unbranched alkanes of at least 4 members (excludes halogenated alkanes) is 9. The predicted molar refractivity (Wildman–Crippen MR) is 142 cm³/mol. The minimum atomic E-state index is 0.812. The summed E-state index contributed by atoms with van der Waals surface area (Å²) in [5, 5.41) is 0. The second-order valence-corrected chi connectivity index (χ2v) is 9.37.